The molecule has 1 unspecified atom stereocenters. The molecule has 2 heterocycles. The molecule has 3 rings (SSSR count). The molecule has 128 valence electrons. The highest BCUT2D eigenvalue weighted by atomic mass is 32.2. The summed E-state index contributed by atoms with van der Waals surface area (Å²) in [6, 6.07) is 7.91. The Labute approximate surface area is 145 Å². The molecular formula is C18H22N2O3S. The number of rotatable bonds is 5. The Bertz CT molecular complexity index is 723. The fourth-order valence-electron chi connectivity index (χ4n) is 2.86. The van der Waals surface area contributed by atoms with Gasteiger partial charge in [-0.05, 0) is 50.0 Å². The van der Waals surface area contributed by atoms with E-state index >= 15 is 0 Å². The maximum absolute atomic E-state index is 12.3. The monoisotopic (exact) mass is 346 g/mol. The largest absolute Gasteiger partial charge is 0.616 e. The van der Waals surface area contributed by atoms with Crippen LogP contribution in [0.1, 0.15) is 29.9 Å². The lowest BCUT2D eigenvalue weighted by atomic mass is 10.1. The second-order valence-electron chi connectivity index (χ2n) is 6.21. The molecule has 0 N–H and O–H groups in total. The molecule has 0 bridgehead atoms. The molecule has 0 spiro atoms. The molecule has 1 amide bonds. The summed E-state index contributed by atoms with van der Waals surface area (Å²) >= 11 is -1.27. The van der Waals surface area contributed by atoms with E-state index in [0.717, 1.165) is 37.1 Å². The third-order valence-corrected chi connectivity index (χ3v) is 5.36. The van der Waals surface area contributed by atoms with E-state index in [2.05, 4.69) is 4.98 Å². The average molecular weight is 346 g/mol. The smallest absolute Gasteiger partial charge is 0.272 e. The molecule has 1 aromatic carbocycles. The number of carbonyl (C=O) groups is 1. The van der Waals surface area contributed by atoms with Gasteiger partial charge in [0.25, 0.3) is 5.91 Å². The Balaban J connectivity index is 1.65. The van der Waals surface area contributed by atoms with Gasteiger partial charge in [0.05, 0.1) is 0 Å². The third kappa shape index (κ3) is 3.99. The quantitative estimate of drug-likeness (QED) is 0.781. The van der Waals surface area contributed by atoms with Crippen molar-refractivity contribution in [3.63, 3.8) is 0 Å². The molecule has 1 atom stereocenters. The normalized spacial score (nSPS) is 15.7. The lowest BCUT2D eigenvalue weighted by Gasteiger charge is -2.16. The van der Waals surface area contributed by atoms with E-state index in [4.69, 9.17) is 4.42 Å². The molecule has 0 saturated carbocycles. The van der Waals surface area contributed by atoms with Crippen LogP contribution in [0.25, 0.3) is 11.5 Å². The fourth-order valence-corrected chi connectivity index (χ4v) is 4.00. The number of nitrogens with zero attached hydrogens (tertiary/aromatic N) is 2. The summed E-state index contributed by atoms with van der Waals surface area (Å²) < 4.78 is 18.0. The highest BCUT2D eigenvalue weighted by molar-refractivity contribution is 7.91. The number of oxazole rings is 1. The topological polar surface area (TPSA) is 69.4 Å². The van der Waals surface area contributed by atoms with Crippen molar-refractivity contribution in [2.24, 2.45) is 0 Å². The molecule has 0 radical (unpaired) electrons. The summed E-state index contributed by atoms with van der Waals surface area (Å²) in [5.41, 5.74) is 2.70. The van der Waals surface area contributed by atoms with E-state index < -0.39 is 11.2 Å². The number of aromatic nitrogens is 1. The van der Waals surface area contributed by atoms with E-state index in [9.17, 15) is 9.35 Å². The van der Waals surface area contributed by atoms with E-state index in [-0.39, 0.29) is 17.4 Å². The van der Waals surface area contributed by atoms with E-state index in [1.54, 1.807) is 4.90 Å². The lowest BCUT2D eigenvalue weighted by molar-refractivity contribution is -0.127. The summed E-state index contributed by atoms with van der Waals surface area (Å²) in [6.07, 6.45) is 2.08. The Morgan fingerprint density at radius 2 is 2.08 bits per heavy atom. The average Bonchev–Trinajstić information content (AvgIpc) is 3.18. The van der Waals surface area contributed by atoms with Crippen molar-refractivity contribution in [3.8, 4) is 11.5 Å². The molecule has 0 aliphatic carbocycles. The minimum Gasteiger partial charge on any atom is -0.616 e. The van der Waals surface area contributed by atoms with Crippen LogP contribution in [0.2, 0.25) is 0 Å². The van der Waals surface area contributed by atoms with Crippen LogP contribution < -0.4 is 0 Å². The second kappa shape index (κ2) is 7.40. The van der Waals surface area contributed by atoms with Gasteiger partial charge in [-0.3, -0.25) is 4.79 Å². The van der Waals surface area contributed by atoms with Crippen molar-refractivity contribution in [1.29, 1.82) is 0 Å². The summed E-state index contributed by atoms with van der Waals surface area (Å²) in [4.78, 5) is 18.4. The predicted octanol–water partition coefficient (Wildman–Crippen LogP) is 2.83. The van der Waals surface area contributed by atoms with Crippen molar-refractivity contribution in [1.82, 2.24) is 9.88 Å². The number of amides is 1. The Morgan fingerprint density at radius 1 is 1.33 bits per heavy atom. The fraction of sp³-hybridized carbons (Fsp3) is 0.444. The molecule has 1 saturated heterocycles. The van der Waals surface area contributed by atoms with Crippen molar-refractivity contribution in [2.75, 3.05) is 18.8 Å². The molecule has 1 fully saturated rings. The summed E-state index contributed by atoms with van der Waals surface area (Å²) in [7, 11) is 0. The standard InChI is InChI=1S/C18H22N2O3S/c1-13-6-5-7-15(10-13)18-19-16(14(2)23-18)11-24(22)12-17(21)20-8-3-4-9-20/h5-7,10H,3-4,8-9,11-12H2,1-2H3. The first-order chi connectivity index (χ1) is 11.5. The van der Waals surface area contributed by atoms with Gasteiger partial charge < -0.3 is 13.9 Å². The zero-order chi connectivity index (χ0) is 17.1. The highest BCUT2D eigenvalue weighted by Gasteiger charge is 2.24. The maximum atomic E-state index is 12.3. The number of hydrogen-bond acceptors (Lipinski definition) is 4. The van der Waals surface area contributed by atoms with Gasteiger partial charge >= 0.3 is 0 Å². The second-order valence-corrected chi connectivity index (χ2v) is 7.66. The van der Waals surface area contributed by atoms with E-state index in [1.165, 1.54) is 0 Å². The molecule has 6 heteroatoms. The van der Waals surface area contributed by atoms with Gasteiger partial charge in [0.15, 0.2) is 11.5 Å². The number of aryl methyl sites for hydroxylation is 2. The molecule has 2 aromatic rings. The molecule has 5 nitrogen and oxygen atoms in total. The Kier molecular flexibility index (Phi) is 5.26. The highest BCUT2D eigenvalue weighted by Crippen LogP contribution is 2.24. The SMILES string of the molecule is Cc1cccc(-c2nc(C[S+]([O-])CC(=O)N3CCCC3)c(C)o2)c1. The molecular weight excluding hydrogens is 324 g/mol. The minimum absolute atomic E-state index is 0.0223. The zero-order valence-electron chi connectivity index (χ0n) is 14.1. The number of likely N-dealkylation sites (tertiary alicyclic amines) is 1. The van der Waals surface area contributed by atoms with Gasteiger partial charge in [0.2, 0.25) is 5.89 Å². The van der Waals surface area contributed by atoms with Crippen molar-refractivity contribution in [2.45, 2.75) is 32.4 Å². The first kappa shape index (κ1) is 17.0. The third-order valence-electron chi connectivity index (χ3n) is 4.20. The maximum Gasteiger partial charge on any atom is 0.272 e. The number of benzene rings is 1. The van der Waals surface area contributed by atoms with Crippen molar-refractivity contribution < 1.29 is 13.8 Å². The van der Waals surface area contributed by atoms with Gasteiger partial charge in [-0.2, -0.15) is 0 Å². The Hall–Kier alpha value is -1.79. The molecule has 1 aliphatic heterocycles. The summed E-state index contributed by atoms with van der Waals surface area (Å²) in [5.74, 6) is 1.49. The van der Waals surface area contributed by atoms with Crippen LogP contribution in [0.3, 0.4) is 0 Å². The number of carbonyl (C=O) groups excluding carboxylic acids is 1. The zero-order valence-corrected chi connectivity index (χ0v) is 14.9. The van der Waals surface area contributed by atoms with Gasteiger partial charge in [0.1, 0.15) is 11.5 Å². The van der Waals surface area contributed by atoms with Crippen LogP contribution in [-0.4, -0.2) is 39.2 Å². The van der Waals surface area contributed by atoms with Gasteiger partial charge in [-0.15, -0.1) is 0 Å². The predicted molar refractivity (Wildman–Crippen MR) is 93.9 cm³/mol. The van der Waals surface area contributed by atoms with Crippen LogP contribution in [0.15, 0.2) is 28.7 Å². The van der Waals surface area contributed by atoms with Crippen LogP contribution in [0.5, 0.6) is 0 Å². The summed E-state index contributed by atoms with van der Waals surface area (Å²) in [5, 5.41) is 0. The molecule has 1 aromatic heterocycles. The van der Waals surface area contributed by atoms with Crippen LogP contribution in [0, 0.1) is 13.8 Å². The lowest BCUT2D eigenvalue weighted by Crippen LogP contribution is -2.33. The number of hydrogen-bond donors (Lipinski definition) is 0. The molecule has 1 aliphatic rings. The van der Waals surface area contributed by atoms with E-state index in [0.29, 0.717) is 17.3 Å². The Morgan fingerprint density at radius 3 is 2.79 bits per heavy atom. The van der Waals surface area contributed by atoms with Crippen molar-refractivity contribution >= 4 is 17.1 Å². The summed E-state index contributed by atoms with van der Waals surface area (Å²) in [6.45, 7) is 5.41. The molecule has 24 heavy (non-hydrogen) atoms. The first-order valence-corrected chi connectivity index (χ1v) is 9.68. The van der Waals surface area contributed by atoms with Crippen molar-refractivity contribution in [3.05, 3.63) is 41.3 Å². The van der Waals surface area contributed by atoms with Gasteiger partial charge in [0, 0.05) is 18.7 Å². The minimum atomic E-state index is -1.27. The van der Waals surface area contributed by atoms with Gasteiger partial charge in [-0.25, -0.2) is 4.98 Å². The first-order valence-electron chi connectivity index (χ1n) is 8.19. The van der Waals surface area contributed by atoms with Crippen LogP contribution in [-0.2, 0) is 21.7 Å². The van der Waals surface area contributed by atoms with Crippen LogP contribution in [0.4, 0.5) is 0 Å². The van der Waals surface area contributed by atoms with E-state index in [1.807, 2.05) is 38.1 Å². The van der Waals surface area contributed by atoms with Crippen LogP contribution >= 0.6 is 0 Å². The van der Waals surface area contributed by atoms with Gasteiger partial charge in [-0.1, -0.05) is 17.7 Å².